The van der Waals surface area contributed by atoms with Crippen molar-refractivity contribution >= 4 is 52.8 Å². The van der Waals surface area contributed by atoms with Gasteiger partial charge in [0, 0.05) is 54.4 Å². The van der Waals surface area contributed by atoms with Gasteiger partial charge in [0.1, 0.15) is 55.6 Å². The molecule has 0 saturated heterocycles. The Kier molecular flexibility index (Phi) is 73.3. The van der Waals surface area contributed by atoms with Crippen LogP contribution in [0.3, 0.4) is 0 Å². The van der Waals surface area contributed by atoms with Crippen LogP contribution in [0.2, 0.25) is 0 Å². The summed E-state index contributed by atoms with van der Waals surface area (Å²) in [6.07, 6.45) is -0.100. The number of aliphatic hydroxyl groups is 3. The van der Waals surface area contributed by atoms with Crippen LogP contribution >= 0.6 is 0 Å². The number of Topliss-reactive ketones (excluding diaryl/α,β-unsaturated/α-hetero) is 5. The van der Waals surface area contributed by atoms with Crippen LogP contribution in [0.25, 0.3) is 0 Å². The van der Waals surface area contributed by atoms with Crippen LogP contribution in [-0.2, 0) is 62.1 Å². The fraction of sp³-hybridized carbons (Fsp3) is 0.875. The van der Waals surface area contributed by atoms with Crippen LogP contribution < -0.4 is 47.9 Å². The van der Waals surface area contributed by atoms with Gasteiger partial charge in [-0.3, -0.25) is 43.2 Å². The largest absolute Gasteiger partial charge is 0.465 e. The highest BCUT2D eigenvalue weighted by Gasteiger charge is 2.25. The summed E-state index contributed by atoms with van der Waals surface area (Å²) >= 11 is 0. The van der Waals surface area contributed by atoms with E-state index in [0.29, 0.717) is 42.9 Å². The lowest BCUT2D eigenvalue weighted by Crippen LogP contribution is -2.48. The zero-order valence-electron chi connectivity index (χ0n) is 68.4. The molecule has 0 amide bonds. The Morgan fingerprint density at radius 3 is 0.567 bits per heavy atom. The van der Waals surface area contributed by atoms with Crippen LogP contribution in [-0.4, -0.2) is 221 Å². The molecule has 0 rings (SSSR count). The molecule has 12 N–H and O–H groups in total. The summed E-state index contributed by atoms with van der Waals surface area (Å²) in [6.45, 7) is 71.4. The van der Waals surface area contributed by atoms with Gasteiger partial charge in [-0.25, -0.2) is 0 Å². The third-order valence-corrected chi connectivity index (χ3v) is 11.8. The van der Waals surface area contributed by atoms with Gasteiger partial charge in [-0.1, -0.05) is 96.9 Å². The fourth-order valence-electron chi connectivity index (χ4n) is 7.38. The molecule has 0 aromatic heterocycles. The molecule has 97 heavy (non-hydrogen) atoms. The predicted molar refractivity (Wildman–Crippen MR) is 397 cm³/mol. The van der Waals surface area contributed by atoms with Crippen molar-refractivity contribution in [3.63, 3.8) is 0 Å². The smallest absolute Gasteiger partial charge is 0.323 e. The molecule has 25 heteroatoms. The summed E-state index contributed by atoms with van der Waals surface area (Å²) in [6, 6.07) is 1.26. The topological polar surface area (TPSA) is 360 Å². The Morgan fingerprint density at radius 1 is 0.289 bits per heavy atom. The molecule has 0 aromatic rings. The molecule has 0 fully saturated rings. The van der Waals surface area contributed by atoms with Crippen LogP contribution in [0.4, 0.5) is 0 Å². The molecule has 0 aliphatic rings. The number of rotatable bonds is 34. The molecule has 3 unspecified atom stereocenters. The second kappa shape index (κ2) is 63.9. The van der Waals surface area contributed by atoms with Crippen molar-refractivity contribution in [1.82, 2.24) is 47.9 Å². The SMILES string of the molecule is CC(=O)C(C)(C)NC(C)C.CC(=O)C(C)(C)NC(C)C.CC(C)NC(C)C(=O)CO.CC(C)NC(C)C(=O)OC(C)C.CC(C)N[C@@H](C)C(=O)CO.CC(C)N[C@@H](C)C(=O)OC(C)C.CC(C)N[C@H](C)C(=O)CO.CC(C)N[C@H](C)C(=O)OC(C)C.CCOC(=O)C(C)NC(C)C. The Bertz CT molecular complexity index is 1850. The van der Waals surface area contributed by atoms with E-state index in [4.69, 9.17) is 34.3 Å². The highest BCUT2D eigenvalue weighted by Crippen LogP contribution is 2.06. The van der Waals surface area contributed by atoms with Gasteiger partial charge < -0.3 is 82.1 Å². The summed E-state index contributed by atoms with van der Waals surface area (Å²) in [5, 5.41) is 52.8. The summed E-state index contributed by atoms with van der Waals surface area (Å²) in [5.74, 6) is -0.837. The van der Waals surface area contributed by atoms with Gasteiger partial charge in [0.05, 0.1) is 54.1 Å². The van der Waals surface area contributed by atoms with E-state index >= 15 is 0 Å². The minimum Gasteiger partial charge on any atom is -0.465 e. The van der Waals surface area contributed by atoms with Crippen molar-refractivity contribution < 1.29 is 77.4 Å². The first kappa shape index (κ1) is 111. The Morgan fingerprint density at radius 2 is 0.454 bits per heavy atom. The van der Waals surface area contributed by atoms with Crippen molar-refractivity contribution in [2.24, 2.45) is 0 Å². The first-order valence-electron chi connectivity index (χ1n) is 34.9. The number of carbonyl (C=O) groups is 9. The second-order valence-corrected chi connectivity index (χ2v) is 28.3. The Balaban J connectivity index is -0.000000128. The van der Waals surface area contributed by atoms with Gasteiger partial charge in [0.25, 0.3) is 0 Å². The molecule has 0 heterocycles. The molecule has 0 bridgehead atoms. The fourth-order valence-corrected chi connectivity index (χ4v) is 7.38. The highest BCUT2D eigenvalue weighted by molar-refractivity contribution is 5.86. The Hall–Kier alpha value is -4.25. The normalized spacial score (nSPS) is 13.3. The number of hydrogen-bond donors (Lipinski definition) is 12. The molecule has 25 nitrogen and oxygen atoms in total. The van der Waals surface area contributed by atoms with Crippen LogP contribution in [0.15, 0.2) is 0 Å². The molecule has 0 aliphatic heterocycles. The summed E-state index contributed by atoms with van der Waals surface area (Å²) in [4.78, 5) is 98.7. The molecular weight excluding hydrogens is 1250 g/mol. The van der Waals surface area contributed by atoms with Crippen molar-refractivity contribution in [2.75, 3.05) is 26.4 Å². The van der Waals surface area contributed by atoms with Gasteiger partial charge in [0.2, 0.25) is 0 Å². The molecule has 0 radical (unpaired) electrons. The molecule has 7 atom stereocenters. The average Bonchev–Trinajstić information content (AvgIpc) is 0.947. The van der Waals surface area contributed by atoms with E-state index in [0.717, 1.165) is 0 Å². The molecule has 582 valence electrons. The number of esters is 4. The number of hydrogen-bond acceptors (Lipinski definition) is 25. The van der Waals surface area contributed by atoms with Crippen LogP contribution in [0.1, 0.15) is 263 Å². The molecule has 0 aromatic carbocycles. The maximum Gasteiger partial charge on any atom is 0.323 e. The van der Waals surface area contributed by atoms with Crippen molar-refractivity contribution in [3.05, 3.63) is 0 Å². The monoisotopic (exact) mass is 1400 g/mol. The summed E-state index contributed by atoms with van der Waals surface area (Å²) < 4.78 is 19.8. The third kappa shape index (κ3) is 82.3. The van der Waals surface area contributed by atoms with Crippen molar-refractivity contribution in [1.29, 1.82) is 0 Å². The van der Waals surface area contributed by atoms with Crippen LogP contribution in [0.5, 0.6) is 0 Å². The standard InChI is InChI=1S/3C9H19NO2.C8H17NO2.2C8H17NO.3C7H15NO2/c3*1-6(2)10-8(5)9(11)12-7(3)4;1-5-11-8(10)7(4)9-6(2)3;2*1-6(2)9-8(4,5)7(3)10;3*1-5(2)8-6(3)7(10)4-9/h3*6-8,10H,1-5H3;6-7,9H,5H2,1-4H3;2*6,9H,1-5H3;3*5-6,8-9H,4H2,1-3H3/t2*8-;;;;;2*6-;/m10....10./s1. The van der Waals surface area contributed by atoms with Gasteiger partial charge in [-0.05, 0) is 166 Å². The number of ketones is 5. The van der Waals surface area contributed by atoms with Gasteiger partial charge >= 0.3 is 23.9 Å². The van der Waals surface area contributed by atoms with Gasteiger partial charge in [-0.15, -0.1) is 0 Å². The maximum atomic E-state index is 11.2. The number of nitrogens with one attached hydrogen (secondary N) is 9. The van der Waals surface area contributed by atoms with E-state index in [1.807, 2.05) is 215 Å². The lowest BCUT2D eigenvalue weighted by molar-refractivity contribution is -0.150. The maximum absolute atomic E-state index is 11.2. The van der Waals surface area contributed by atoms with E-state index in [1.54, 1.807) is 48.5 Å². The van der Waals surface area contributed by atoms with Crippen molar-refractivity contribution in [2.45, 2.75) is 389 Å². The number of aliphatic hydroxyl groups excluding tert-OH is 3. The minimum atomic E-state index is -0.374. The lowest BCUT2D eigenvalue weighted by Gasteiger charge is -2.25. The van der Waals surface area contributed by atoms with E-state index in [-0.39, 0.29) is 162 Å². The highest BCUT2D eigenvalue weighted by atomic mass is 16.6. The summed E-state index contributed by atoms with van der Waals surface area (Å²) in [7, 11) is 0. The summed E-state index contributed by atoms with van der Waals surface area (Å²) in [5.41, 5.74) is -0.734. The first-order valence-corrected chi connectivity index (χ1v) is 34.9. The van der Waals surface area contributed by atoms with Crippen LogP contribution in [0, 0.1) is 0 Å². The number of carbonyl (C=O) groups excluding carboxylic acids is 9. The second-order valence-electron chi connectivity index (χ2n) is 28.3. The first-order chi connectivity index (χ1) is 43.8. The Labute approximate surface area is 591 Å². The minimum absolute atomic E-state index is 0.0334. The molecule has 0 aliphatic carbocycles. The zero-order chi connectivity index (χ0) is 79.2. The molecule has 0 spiro atoms. The van der Waals surface area contributed by atoms with Crippen molar-refractivity contribution in [3.8, 4) is 0 Å². The van der Waals surface area contributed by atoms with Gasteiger partial charge in [-0.2, -0.15) is 0 Å². The van der Waals surface area contributed by atoms with E-state index in [1.165, 1.54) is 0 Å². The lowest BCUT2D eigenvalue weighted by atomic mass is 10.00. The van der Waals surface area contributed by atoms with E-state index in [9.17, 15) is 43.2 Å². The quantitative estimate of drug-likeness (QED) is 0.0220. The third-order valence-electron chi connectivity index (χ3n) is 11.8. The average molecular weight is 1400 g/mol. The van der Waals surface area contributed by atoms with E-state index in [2.05, 4.69) is 47.9 Å². The molecule has 0 saturated carbocycles. The molecular formula is C72H153N9O16. The van der Waals surface area contributed by atoms with Gasteiger partial charge in [0.15, 0.2) is 17.3 Å². The number of ether oxygens (including phenoxy) is 4. The zero-order valence-corrected chi connectivity index (χ0v) is 68.4. The predicted octanol–water partition coefficient (Wildman–Crippen LogP) is 7.42. The van der Waals surface area contributed by atoms with E-state index < -0.39 is 0 Å².